The van der Waals surface area contributed by atoms with Crippen molar-refractivity contribution in [1.82, 2.24) is 5.32 Å². The second-order valence-corrected chi connectivity index (χ2v) is 4.76. The highest BCUT2D eigenvalue weighted by Crippen LogP contribution is 2.16. The smallest absolute Gasteiger partial charge is 0.123 e. The van der Waals surface area contributed by atoms with E-state index in [2.05, 4.69) is 12.2 Å². The fraction of sp³-hybridized carbons (Fsp3) is 0.571. The molecule has 17 heavy (non-hydrogen) atoms. The maximum absolute atomic E-state index is 12.8. The van der Waals surface area contributed by atoms with Crippen LogP contribution in [0.25, 0.3) is 0 Å². The molecule has 2 rings (SSSR count). The molecule has 1 N–H and O–H groups in total. The third kappa shape index (κ3) is 3.79. The highest BCUT2D eigenvalue weighted by molar-refractivity contribution is 5.19. The van der Waals surface area contributed by atoms with E-state index in [4.69, 9.17) is 4.74 Å². The zero-order valence-electron chi connectivity index (χ0n) is 10.3. The van der Waals surface area contributed by atoms with Crippen molar-refractivity contribution in [2.45, 2.75) is 25.8 Å². The zero-order valence-corrected chi connectivity index (χ0v) is 10.3. The van der Waals surface area contributed by atoms with Crippen molar-refractivity contribution >= 4 is 0 Å². The predicted octanol–water partition coefficient (Wildman–Crippen LogP) is 2.90. The zero-order chi connectivity index (χ0) is 12.1. The van der Waals surface area contributed by atoms with Crippen molar-refractivity contribution < 1.29 is 9.13 Å². The highest BCUT2D eigenvalue weighted by Gasteiger charge is 2.14. The van der Waals surface area contributed by atoms with Gasteiger partial charge < -0.3 is 10.1 Å². The number of rotatable bonds is 4. The van der Waals surface area contributed by atoms with Crippen LogP contribution in [0.1, 0.15) is 31.4 Å². The summed E-state index contributed by atoms with van der Waals surface area (Å²) in [5.74, 6) is 0.438. The van der Waals surface area contributed by atoms with Crippen molar-refractivity contribution in [3.63, 3.8) is 0 Å². The maximum atomic E-state index is 12.8. The first-order valence-electron chi connectivity index (χ1n) is 6.32. The minimum Gasteiger partial charge on any atom is -0.381 e. The molecule has 1 unspecified atom stereocenters. The van der Waals surface area contributed by atoms with Crippen molar-refractivity contribution in [2.24, 2.45) is 5.92 Å². The summed E-state index contributed by atoms with van der Waals surface area (Å²) in [7, 11) is 0. The monoisotopic (exact) mass is 237 g/mol. The lowest BCUT2D eigenvalue weighted by molar-refractivity contribution is 0.0540. The van der Waals surface area contributed by atoms with E-state index in [1.807, 2.05) is 12.1 Å². The quantitative estimate of drug-likeness (QED) is 0.869. The standard InChI is InChI=1S/C14H20FNO/c1-11(13-4-6-14(15)7-5-13)16-9-12-3-2-8-17-10-12/h4-7,11-12,16H,2-3,8-10H2,1H3/t11-,12?/m0/s1. The molecular formula is C14H20FNO. The molecule has 0 spiro atoms. The number of halogens is 1. The number of hydrogen-bond acceptors (Lipinski definition) is 2. The number of hydrogen-bond donors (Lipinski definition) is 1. The van der Waals surface area contributed by atoms with Crippen LogP contribution >= 0.6 is 0 Å². The molecule has 3 heteroatoms. The molecule has 1 aliphatic heterocycles. The van der Waals surface area contributed by atoms with Crippen LogP contribution in [-0.2, 0) is 4.74 Å². The minimum absolute atomic E-state index is 0.179. The van der Waals surface area contributed by atoms with E-state index in [0.29, 0.717) is 5.92 Å². The van der Waals surface area contributed by atoms with Gasteiger partial charge in [-0.3, -0.25) is 0 Å². The van der Waals surface area contributed by atoms with Crippen molar-refractivity contribution in [1.29, 1.82) is 0 Å². The van der Waals surface area contributed by atoms with Gasteiger partial charge in [-0.2, -0.15) is 0 Å². The summed E-state index contributed by atoms with van der Waals surface area (Å²) in [5.41, 5.74) is 1.13. The average molecular weight is 237 g/mol. The second kappa shape index (κ2) is 6.12. The van der Waals surface area contributed by atoms with E-state index < -0.39 is 0 Å². The largest absolute Gasteiger partial charge is 0.381 e. The lowest BCUT2D eigenvalue weighted by Crippen LogP contribution is -2.30. The number of benzene rings is 1. The third-order valence-corrected chi connectivity index (χ3v) is 3.34. The Hall–Kier alpha value is -0.930. The van der Waals surface area contributed by atoms with Crippen LogP contribution in [0, 0.1) is 11.7 Å². The van der Waals surface area contributed by atoms with Crippen LogP contribution in [-0.4, -0.2) is 19.8 Å². The van der Waals surface area contributed by atoms with Crippen LogP contribution in [0.15, 0.2) is 24.3 Å². The molecule has 1 aromatic rings. The van der Waals surface area contributed by atoms with Gasteiger partial charge in [-0.05, 0) is 43.4 Å². The Kier molecular flexibility index (Phi) is 4.51. The Morgan fingerprint density at radius 1 is 1.41 bits per heavy atom. The molecular weight excluding hydrogens is 217 g/mol. The van der Waals surface area contributed by atoms with Crippen LogP contribution in [0.2, 0.25) is 0 Å². The van der Waals surface area contributed by atoms with Gasteiger partial charge in [0.25, 0.3) is 0 Å². The summed E-state index contributed by atoms with van der Waals surface area (Å²) in [6.45, 7) is 4.85. The molecule has 0 bridgehead atoms. The molecule has 1 fully saturated rings. The molecule has 1 saturated heterocycles. The van der Waals surface area contributed by atoms with E-state index in [1.54, 1.807) is 0 Å². The lowest BCUT2D eigenvalue weighted by Gasteiger charge is -2.24. The first-order valence-corrected chi connectivity index (χ1v) is 6.32. The summed E-state index contributed by atoms with van der Waals surface area (Å²) >= 11 is 0. The summed E-state index contributed by atoms with van der Waals surface area (Å²) < 4.78 is 18.2. The van der Waals surface area contributed by atoms with Gasteiger partial charge in [-0.1, -0.05) is 12.1 Å². The van der Waals surface area contributed by atoms with Crippen LogP contribution in [0.4, 0.5) is 4.39 Å². The van der Waals surface area contributed by atoms with Crippen LogP contribution < -0.4 is 5.32 Å². The number of ether oxygens (including phenoxy) is 1. The summed E-state index contributed by atoms with van der Waals surface area (Å²) in [6.07, 6.45) is 2.40. The summed E-state index contributed by atoms with van der Waals surface area (Å²) in [4.78, 5) is 0. The van der Waals surface area contributed by atoms with Gasteiger partial charge >= 0.3 is 0 Å². The first kappa shape index (κ1) is 12.5. The topological polar surface area (TPSA) is 21.3 Å². The van der Waals surface area contributed by atoms with Gasteiger partial charge in [0, 0.05) is 19.2 Å². The average Bonchev–Trinajstić information content (AvgIpc) is 2.38. The molecule has 0 amide bonds. The van der Waals surface area contributed by atoms with Gasteiger partial charge in [0.15, 0.2) is 0 Å². The number of nitrogens with one attached hydrogen (secondary N) is 1. The molecule has 1 heterocycles. The third-order valence-electron chi connectivity index (χ3n) is 3.34. The van der Waals surface area contributed by atoms with E-state index >= 15 is 0 Å². The molecule has 94 valence electrons. The van der Waals surface area contributed by atoms with Gasteiger partial charge in [0.05, 0.1) is 6.61 Å². The molecule has 2 atom stereocenters. The molecule has 1 aromatic carbocycles. The fourth-order valence-corrected chi connectivity index (χ4v) is 2.18. The normalized spacial score (nSPS) is 22.4. The Bertz CT molecular complexity index is 333. The summed E-state index contributed by atoms with van der Waals surface area (Å²) in [5, 5.41) is 3.49. The lowest BCUT2D eigenvalue weighted by atomic mass is 10.0. The molecule has 0 aliphatic carbocycles. The van der Waals surface area contributed by atoms with E-state index in [9.17, 15) is 4.39 Å². The van der Waals surface area contributed by atoms with E-state index in [1.165, 1.54) is 18.6 Å². The van der Waals surface area contributed by atoms with Crippen molar-refractivity contribution in [3.8, 4) is 0 Å². The van der Waals surface area contributed by atoms with Crippen molar-refractivity contribution in [3.05, 3.63) is 35.6 Å². The highest BCUT2D eigenvalue weighted by atomic mass is 19.1. The molecule has 0 saturated carbocycles. The van der Waals surface area contributed by atoms with Gasteiger partial charge in [0.2, 0.25) is 0 Å². The van der Waals surface area contributed by atoms with Crippen LogP contribution in [0.3, 0.4) is 0 Å². The Balaban J connectivity index is 1.80. The van der Waals surface area contributed by atoms with Crippen LogP contribution in [0.5, 0.6) is 0 Å². The van der Waals surface area contributed by atoms with Crippen molar-refractivity contribution in [2.75, 3.05) is 19.8 Å². The fourth-order valence-electron chi connectivity index (χ4n) is 2.18. The van der Waals surface area contributed by atoms with E-state index in [0.717, 1.165) is 31.7 Å². The Morgan fingerprint density at radius 2 is 2.18 bits per heavy atom. The SMILES string of the molecule is C[C@H](NCC1CCCOC1)c1ccc(F)cc1. The summed E-state index contributed by atoms with van der Waals surface area (Å²) in [6, 6.07) is 6.96. The maximum Gasteiger partial charge on any atom is 0.123 e. The second-order valence-electron chi connectivity index (χ2n) is 4.76. The van der Waals surface area contributed by atoms with Gasteiger partial charge in [0.1, 0.15) is 5.82 Å². The molecule has 2 nitrogen and oxygen atoms in total. The van der Waals surface area contributed by atoms with E-state index in [-0.39, 0.29) is 11.9 Å². The first-order chi connectivity index (χ1) is 8.25. The predicted molar refractivity (Wildman–Crippen MR) is 66.4 cm³/mol. The molecule has 0 radical (unpaired) electrons. The Morgan fingerprint density at radius 3 is 2.82 bits per heavy atom. The van der Waals surface area contributed by atoms with Gasteiger partial charge in [-0.25, -0.2) is 4.39 Å². The Labute approximate surface area is 102 Å². The molecule has 1 aliphatic rings. The van der Waals surface area contributed by atoms with Gasteiger partial charge in [-0.15, -0.1) is 0 Å². The molecule has 0 aromatic heterocycles. The minimum atomic E-state index is -0.179.